The molecule has 2 aromatic carbocycles. The second kappa shape index (κ2) is 5.85. The van der Waals surface area contributed by atoms with Gasteiger partial charge in [0, 0.05) is 16.1 Å². The standard InChI is InChI=1S/C15H14BrClN2O/c1-8-5-11(6-9(2)14(8)16)20-10-3-4-12(15(18)19)13(17)7-10/h3-7H,1-2H3,(H3,18,19). The first kappa shape index (κ1) is 14.9. The van der Waals surface area contributed by atoms with Crippen LogP contribution in [0.3, 0.4) is 0 Å². The fourth-order valence-corrected chi connectivity index (χ4v) is 2.38. The summed E-state index contributed by atoms with van der Waals surface area (Å²) in [5.74, 6) is 1.30. The fourth-order valence-electron chi connectivity index (χ4n) is 1.88. The van der Waals surface area contributed by atoms with E-state index in [0.29, 0.717) is 16.3 Å². The number of rotatable bonds is 3. The van der Waals surface area contributed by atoms with Crippen molar-refractivity contribution in [2.24, 2.45) is 5.73 Å². The molecule has 0 saturated heterocycles. The first-order valence-corrected chi connectivity index (χ1v) is 7.14. The van der Waals surface area contributed by atoms with Crippen LogP contribution < -0.4 is 10.5 Å². The Hall–Kier alpha value is -1.52. The molecule has 0 aliphatic carbocycles. The molecule has 20 heavy (non-hydrogen) atoms. The molecule has 104 valence electrons. The summed E-state index contributed by atoms with van der Waals surface area (Å²) in [7, 11) is 0. The van der Waals surface area contributed by atoms with Crippen LogP contribution >= 0.6 is 27.5 Å². The molecule has 0 aromatic heterocycles. The van der Waals surface area contributed by atoms with E-state index in [-0.39, 0.29) is 5.84 Å². The molecule has 0 atom stereocenters. The Labute approximate surface area is 131 Å². The summed E-state index contributed by atoms with van der Waals surface area (Å²) in [5, 5.41) is 7.80. The third-order valence-corrected chi connectivity index (χ3v) is 4.44. The zero-order valence-electron chi connectivity index (χ0n) is 11.1. The van der Waals surface area contributed by atoms with Crippen molar-refractivity contribution < 1.29 is 4.74 Å². The second-order valence-corrected chi connectivity index (χ2v) is 5.73. The van der Waals surface area contributed by atoms with Crippen molar-refractivity contribution in [3.05, 3.63) is 56.5 Å². The summed E-state index contributed by atoms with van der Waals surface area (Å²) in [4.78, 5) is 0. The van der Waals surface area contributed by atoms with Crippen molar-refractivity contribution in [3.63, 3.8) is 0 Å². The first-order chi connectivity index (χ1) is 9.38. The predicted molar refractivity (Wildman–Crippen MR) is 86.2 cm³/mol. The number of nitrogen functional groups attached to an aromatic ring is 1. The number of benzene rings is 2. The average molecular weight is 354 g/mol. The largest absolute Gasteiger partial charge is 0.457 e. The Balaban J connectivity index is 2.31. The number of hydrogen-bond acceptors (Lipinski definition) is 2. The molecule has 2 aromatic rings. The van der Waals surface area contributed by atoms with E-state index in [1.165, 1.54) is 0 Å². The Kier molecular flexibility index (Phi) is 4.35. The van der Waals surface area contributed by atoms with Crippen molar-refractivity contribution >= 4 is 33.4 Å². The smallest absolute Gasteiger partial charge is 0.128 e. The minimum Gasteiger partial charge on any atom is -0.457 e. The molecule has 3 nitrogen and oxygen atoms in total. The van der Waals surface area contributed by atoms with E-state index >= 15 is 0 Å². The highest BCUT2D eigenvalue weighted by Gasteiger charge is 2.08. The van der Waals surface area contributed by atoms with Crippen molar-refractivity contribution in [2.45, 2.75) is 13.8 Å². The van der Waals surface area contributed by atoms with Crippen molar-refractivity contribution in [3.8, 4) is 11.5 Å². The van der Waals surface area contributed by atoms with Gasteiger partial charge in [0.1, 0.15) is 17.3 Å². The third kappa shape index (κ3) is 3.14. The molecule has 0 heterocycles. The van der Waals surface area contributed by atoms with E-state index in [1.807, 2.05) is 26.0 Å². The molecule has 0 fully saturated rings. The fraction of sp³-hybridized carbons (Fsp3) is 0.133. The van der Waals surface area contributed by atoms with Gasteiger partial charge in [-0.2, -0.15) is 0 Å². The highest BCUT2D eigenvalue weighted by atomic mass is 79.9. The van der Waals surface area contributed by atoms with Crippen LogP contribution in [0, 0.1) is 19.3 Å². The molecule has 0 spiro atoms. The lowest BCUT2D eigenvalue weighted by atomic mass is 10.1. The molecule has 0 saturated carbocycles. The first-order valence-electron chi connectivity index (χ1n) is 5.97. The highest BCUT2D eigenvalue weighted by molar-refractivity contribution is 9.10. The number of hydrogen-bond donors (Lipinski definition) is 2. The van der Waals surface area contributed by atoms with E-state index in [4.69, 9.17) is 27.5 Å². The lowest BCUT2D eigenvalue weighted by Gasteiger charge is -2.11. The molecule has 0 unspecified atom stereocenters. The highest BCUT2D eigenvalue weighted by Crippen LogP contribution is 2.31. The van der Waals surface area contributed by atoms with Crippen LogP contribution in [0.4, 0.5) is 0 Å². The average Bonchev–Trinajstić information content (AvgIpc) is 2.35. The predicted octanol–water partition coefficient (Wildman–Crippen LogP) is 4.80. The molecule has 3 N–H and O–H groups in total. The van der Waals surface area contributed by atoms with Gasteiger partial charge in [-0.25, -0.2) is 0 Å². The van der Waals surface area contributed by atoms with E-state index < -0.39 is 0 Å². The minimum atomic E-state index is -0.0584. The number of ether oxygens (including phenoxy) is 1. The zero-order chi connectivity index (χ0) is 14.9. The minimum absolute atomic E-state index is 0.0584. The van der Waals surface area contributed by atoms with E-state index in [9.17, 15) is 0 Å². The van der Waals surface area contributed by atoms with Crippen LogP contribution in [0.25, 0.3) is 0 Å². The molecule has 0 radical (unpaired) electrons. The van der Waals surface area contributed by atoms with Gasteiger partial charge in [0.2, 0.25) is 0 Å². The quantitative estimate of drug-likeness (QED) is 0.615. The Morgan fingerprint density at radius 3 is 2.25 bits per heavy atom. The van der Waals surface area contributed by atoms with E-state index in [1.54, 1.807) is 18.2 Å². The monoisotopic (exact) mass is 352 g/mol. The number of nitrogens with two attached hydrogens (primary N) is 1. The lowest BCUT2D eigenvalue weighted by molar-refractivity contribution is 0.481. The van der Waals surface area contributed by atoms with Gasteiger partial charge in [0.25, 0.3) is 0 Å². The van der Waals surface area contributed by atoms with Gasteiger partial charge in [-0.15, -0.1) is 0 Å². The Bertz CT molecular complexity index is 663. The topological polar surface area (TPSA) is 59.1 Å². The molecule has 5 heteroatoms. The van der Waals surface area contributed by atoms with Crippen LogP contribution in [0.1, 0.15) is 16.7 Å². The number of amidine groups is 1. The summed E-state index contributed by atoms with van der Waals surface area (Å²) < 4.78 is 6.87. The molecule has 0 amide bonds. The van der Waals surface area contributed by atoms with Crippen molar-refractivity contribution in [1.82, 2.24) is 0 Å². The molecule has 2 rings (SSSR count). The van der Waals surface area contributed by atoms with E-state index in [2.05, 4.69) is 15.9 Å². The molecule has 0 aliphatic rings. The summed E-state index contributed by atoms with van der Waals surface area (Å²) in [6.45, 7) is 4.02. The van der Waals surface area contributed by atoms with Gasteiger partial charge in [-0.05, 0) is 49.2 Å². The van der Waals surface area contributed by atoms with Crippen LogP contribution in [0.15, 0.2) is 34.8 Å². The second-order valence-electron chi connectivity index (χ2n) is 4.53. The Morgan fingerprint density at radius 2 is 1.75 bits per heavy atom. The number of aryl methyl sites for hydroxylation is 2. The number of nitrogens with one attached hydrogen (secondary N) is 1. The number of halogens is 2. The SMILES string of the molecule is Cc1cc(Oc2ccc(C(=N)N)c(Cl)c2)cc(C)c1Br. The van der Waals surface area contributed by atoms with Gasteiger partial charge in [0.15, 0.2) is 0 Å². The van der Waals surface area contributed by atoms with Gasteiger partial charge in [-0.3, -0.25) is 5.41 Å². The maximum Gasteiger partial charge on any atom is 0.128 e. The summed E-state index contributed by atoms with van der Waals surface area (Å²) in [5.41, 5.74) is 8.13. The van der Waals surface area contributed by atoms with E-state index in [0.717, 1.165) is 21.3 Å². The van der Waals surface area contributed by atoms with Gasteiger partial charge in [-0.1, -0.05) is 27.5 Å². The summed E-state index contributed by atoms with van der Waals surface area (Å²) in [6, 6.07) is 8.98. The normalized spacial score (nSPS) is 10.4. The summed E-state index contributed by atoms with van der Waals surface area (Å²) >= 11 is 9.59. The van der Waals surface area contributed by atoms with Gasteiger partial charge >= 0.3 is 0 Å². The van der Waals surface area contributed by atoms with Crippen LogP contribution in [-0.2, 0) is 0 Å². The lowest BCUT2D eigenvalue weighted by Crippen LogP contribution is -2.11. The maximum atomic E-state index is 7.39. The maximum absolute atomic E-state index is 7.39. The van der Waals surface area contributed by atoms with Gasteiger partial charge in [0.05, 0.1) is 5.02 Å². The summed E-state index contributed by atoms with van der Waals surface area (Å²) in [6.07, 6.45) is 0. The molecule has 0 bridgehead atoms. The molecule has 0 aliphatic heterocycles. The molecular formula is C15H14BrClN2O. The third-order valence-electron chi connectivity index (χ3n) is 2.88. The van der Waals surface area contributed by atoms with Crippen LogP contribution in [0.2, 0.25) is 5.02 Å². The van der Waals surface area contributed by atoms with Crippen LogP contribution in [-0.4, -0.2) is 5.84 Å². The zero-order valence-corrected chi connectivity index (χ0v) is 13.5. The van der Waals surface area contributed by atoms with Crippen LogP contribution in [0.5, 0.6) is 11.5 Å². The van der Waals surface area contributed by atoms with Gasteiger partial charge < -0.3 is 10.5 Å². The molecular weight excluding hydrogens is 340 g/mol. The van der Waals surface area contributed by atoms with Crippen molar-refractivity contribution in [2.75, 3.05) is 0 Å². The Morgan fingerprint density at radius 1 is 1.15 bits per heavy atom. The van der Waals surface area contributed by atoms with Crippen molar-refractivity contribution in [1.29, 1.82) is 5.41 Å².